The van der Waals surface area contributed by atoms with Gasteiger partial charge in [0, 0.05) is 28.2 Å². The lowest BCUT2D eigenvalue weighted by atomic mass is 10.1. The number of hydroxylamine groups is 2. The van der Waals surface area contributed by atoms with Crippen LogP contribution in [0.4, 0.5) is 0 Å². The predicted octanol–water partition coefficient (Wildman–Crippen LogP) is 5.99. The number of nitrogens with zero attached hydrogens (tertiary/aromatic N) is 2. The van der Waals surface area contributed by atoms with Gasteiger partial charge in [-0.15, -0.1) is 0 Å². The maximum Gasteiger partial charge on any atom is 0.208 e. The van der Waals surface area contributed by atoms with Gasteiger partial charge in [-0.2, -0.15) is 9.35 Å². The molecule has 1 fully saturated rings. The molecule has 2 heterocycles. The summed E-state index contributed by atoms with van der Waals surface area (Å²) in [5, 5.41) is 3.10. The molecule has 1 aromatic heterocycles. The maximum absolute atomic E-state index is 13.0. The van der Waals surface area contributed by atoms with Gasteiger partial charge in [0.15, 0.2) is 0 Å². The van der Waals surface area contributed by atoms with Crippen molar-refractivity contribution in [2.24, 2.45) is 5.92 Å². The summed E-state index contributed by atoms with van der Waals surface area (Å²) in [6.07, 6.45) is 0.665. The molecule has 1 aliphatic rings. The lowest BCUT2D eigenvalue weighted by Gasteiger charge is -2.21. The van der Waals surface area contributed by atoms with Crippen LogP contribution < -0.4 is 4.74 Å². The van der Waals surface area contributed by atoms with Gasteiger partial charge >= 0.3 is 0 Å². The van der Waals surface area contributed by atoms with Crippen molar-refractivity contribution in [3.8, 4) is 5.75 Å². The molecular weight excluding hydrogens is 495 g/mol. The number of benzene rings is 2. The van der Waals surface area contributed by atoms with Gasteiger partial charge in [-0.05, 0) is 62.9 Å². The van der Waals surface area contributed by atoms with Crippen LogP contribution in [0.2, 0.25) is 10.0 Å². The van der Waals surface area contributed by atoms with Crippen molar-refractivity contribution in [3.63, 3.8) is 0 Å². The van der Waals surface area contributed by atoms with E-state index in [0.29, 0.717) is 29.3 Å². The van der Waals surface area contributed by atoms with Crippen molar-refractivity contribution in [2.75, 3.05) is 6.54 Å². The first-order valence-electron chi connectivity index (χ1n) is 11.0. The molecule has 3 aromatic rings. The van der Waals surface area contributed by atoms with Crippen LogP contribution >= 0.6 is 23.2 Å². The van der Waals surface area contributed by atoms with E-state index in [9.17, 15) is 9.00 Å². The molecule has 180 valence electrons. The molecule has 34 heavy (non-hydrogen) atoms. The van der Waals surface area contributed by atoms with Crippen LogP contribution in [0.3, 0.4) is 0 Å². The number of hydrogen-bond donors (Lipinski definition) is 0. The third-order valence-electron chi connectivity index (χ3n) is 5.94. The summed E-state index contributed by atoms with van der Waals surface area (Å²) in [5.74, 6) is 0.846. The third-order valence-corrected chi connectivity index (χ3v) is 7.86. The molecule has 6 nitrogen and oxygen atoms in total. The summed E-state index contributed by atoms with van der Waals surface area (Å²) in [7, 11) is 0. The minimum atomic E-state index is -1.92. The molecule has 3 atom stereocenters. The number of rotatable bonds is 7. The first-order chi connectivity index (χ1) is 16.2. The average molecular weight is 521 g/mol. The number of halogens is 2. The Bertz CT molecular complexity index is 1280. The molecule has 0 bridgehead atoms. The average Bonchev–Trinajstić information content (AvgIpc) is 3.14. The number of fused-ring (bicyclic) bond motifs is 1. The van der Waals surface area contributed by atoms with E-state index >= 15 is 0 Å². The minimum Gasteiger partial charge on any atom is -0.487 e. The fourth-order valence-electron chi connectivity index (χ4n) is 4.25. The third kappa shape index (κ3) is 5.14. The number of carbonyl (C=O) groups excluding carboxylic acids is 1. The second-order valence-electron chi connectivity index (χ2n) is 8.74. The Hall–Kier alpha value is -2.03. The van der Waals surface area contributed by atoms with Gasteiger partial charge in [-0.25, -0.2) is 9.19 Å². The van der Waals surface area contributed by atoms with Crippen molar-refractivity contribution in [3.05, 3.63) is 63.3 Å². The quantitative estimate of drug-likeness (QED) is 0.381. The molecule has 0 amide bonds. The molecule has 0 aliphatic carbocycles. The van der Waals surface area contributed by atoms with Gasteiger partial charge in [0.1, 0.15) is 23.7 Å². The first-order valence-corrected chi connectivity index (χ1v) is 12.8. The molecule has 0 radical (unpaired) electrons. The van der Waals surface area contributed by atoms with E-state index in [1.54, 1.807) is 12.1 Å². The van der Waals surface area contributed by atoms with E-state index in [0.717, 1.165) is 22.2 Å². The van der Waals surface area contributed by atoms with E-state index in [1.807, 2.05) is 45.0 Å². The van der Waals surface area contributed by atoms with Crippen LogP contribution in [0.25, 0.3) is 10.9 Å². The SMILES string of the molecule is CC(=O)[C@@H]1C[C@@H](C)CN1OS(=O)c1ccc(Cl)c(COc2cccc3c(C)cc(C)nc23)c1Cl. The molecule has 1 unspecified atom stereocenters. The number of ether oxygens (including phenoxy) is 1. The summed E-state index contributed by atoms with van der Waals surface area (Å²) in [4.78, 5) is 16.9. The summed E-state index contributed by atoms with van der Waals surface area (Å²) in [6.45, 7) is 8.09. The highest BCUT2D eigenvalue weighted by Crippen LogP contribution is 2.34. The Morgan fingerprint density at radius 3 is 2.74 bits per heavy atom. The summed E-state index contributed by atoms with van der Waals surface area (Å²) < 4.78 is 24.8. The number of carbonyl (C=O) groups is 1. The van der Waals surface area contributed by atoms with Crippen LogP contribution in [-0.2, 0) is 26.8 Å². The number of Topliss-reactive ketones (excluding diaryl/α,β-unsaturated/α-hetero) is 1. The topological polar surface area (TPSA) is 68.7 Å². The van der Waals surface area contributed by atoms with Crippen molar-refractivity contribution >= 4 is 51.0 Å². The van der Waals surface area contributed by atoms with E-state index in [2.05, 4.69) is 4.98 Å². The zero-order valence-corrected chi connectivity index (χ0v) is 21.8. The highest BCUT2D eigenvalue weighted by atomic mass is 35.5. The molecule has 2 aromatic carbocycles. The first kappa shape index (κ1) is 25.1. The highest BCUT2D eigenvalue weighted by molar-refractivity contribution is 7.80. The summed E-state index contributed by atoms with van der Waals surface area (Å²) in [5.41, 5.74) is 3.26. The molecule has 9 heteroatoms. The Balaban J connectivity index is 1.57. The normalized spacial score (nSPS) is 19.5. The fraction of sp³-hybridized carbons (Fsp3) is 0.360. The monoisotopic (exact) mass is 520 g/mol. The second kappa shape index (κ2) is 10.3. The van der Waals surface area contributed by atoms with Gasteiger partial charge in [0.2, 0.25) is 11.1 Å². The molecular formula is C25H26Cl2N2O4S. The van der Waals surface area contributed by atoms with Crippen LogP contribution in [-0.4, -0.2) is 32.6 Å². The smallest absolute Gasteiger partial charge is 0.208 e. The van der Waals surface area contributed by atoms with Crippen molar-refractivity contribution in [1.82, 2.24) is 10.0 Å². The number of aromatic nitrogens is 1. The van der Waals surface area contributed by atoms with E-state index < -0.39 is 17.1 Å². The second-order valence-corrected chi connectivity index (χ2v) is 10.6. The molecule has 0 N–H and O–H groups in total. The van der Waals surface area contributed by atoms with Gasteiger partial charge < -0.3 is 4.74 Å². The van der Waals surface area contributed by atoms with Crippen LogP contribution in [0.5, 0.6) is 5.75 Å². The number of aryl methyl sites for hydroxylation is 2. The van der Waals surface area contributed by atoms with Crippen LogP contribution in [0.1, 0.15) is 37.1 Å². The Morgan fingerprint density at radius 2 is 2.00 bits per heavy atom. The fourth-order valence-corrected chi connectivity index (χ4v) is 5.78. The van der Waals surface area contributed by atoms with E-state index in [-0.39, 0.29) is 28.2 Å². The van der Waals surface area contributed by atoms with Gasteiger partial charge in [-0.1, -0.05) is 42.3 Å². The maximum atomic E-state index is 13.0. The standard InChI is InChI=1S/C25H26Cl2N2O4S/c1-14-10-21(17(4)30)29(12-14)33-34(31)23-9-8-20(26)19(24(23)27)13-32-22-7-5-6-18-15(2)11-16(3)28-25(18)22/h5-9,11,14,21H,10,12-13H2,1-4H3/t14-,21+,34?/m1/s1. The lowest BCUT2D eigenvalue weighted by Crippen LogP contribution is -2.35. The van der Waals surface area contributed by atoms with Crippen molar-refractivity contribution in [2.45, 2.75) is 51.7 Å². The lowest BCUT2D eigenvalue weighted by molar-refractivity contribution is -0.132. The largest absolute Gasteiger partial charge is 0.487 e. The van der Waals surface area contributed by atoms with Crippen LogP contribution in [0.15, 0.2) is 41.3 Å². The van der Waals surface area contributed by atoms with Crippen LogP contribution in [0, 0.1) is 19.8 Å². The van der Waals surface area contributed by atoms with Gasteiger partial charge in [0.25, 0.3) is 0 Å². The Kier molecular flexibility index (Phi) is 7.60. The Labute approximate surface area is 211 Å². The highest BCUT2D eigenvalue weighted by Gasteiger charge is 2.35. The number of ketones is 1. The number of hydrogen-bond acceptors (Lipinski definition) is 6. The van der Waals surface area contributed by atoms with E-state index in [4.69, 9.17) is 32.2 Å². The summed E-state index contributed by atoms with van der Waals surface area (Å²) in [6, 6.07) is 10.5. The molecule has 0 spiro atoms. The molecule has 0 saturated carbocycles. The summed E-state index contributed by atoms with van der Waals surface area (Å²) >= 11 is 11.1. The van der Waals surface area contributed by atoms with Gasteiger partial charge in [0.05, 0.1) is 16.0 Å². The molecule has 1 aliphatic heterocycles. The zero-order valence-electron chi connectivity index (χ0n) is 19.4. The molecule has 4 rings (SSSR count). The number of para-hydroxylation sites is 1. The number of pyridine rings is 1. The zero-order chi connectivity index (χ0) is 24.6. The predicted molar refractivity (Wildman–Crippen MR) is 134 cm³/mol. The van der Waals surface area contributed by atoms with E-state index in [1.165, 1.54) is 12.0 Å². The van der Waals surface area contributed by atoms with Crippen molar-refractivity contribution in [1.29, 1.82) is 0 Å². The molecule has 1 saturated heterocycles. The van der Waals surface area contributed by atoms with Gasteiger partial charge in [-0.3, -0.25) is 4.79 Å². The van der Waals surface area contributed by atoms with Crippen molar-refractivity contribution < 1.29 is 18.0 Å². The Morgan fingerprint density at radius 1 is 1.24 bits per heavy atom. The minimum absolute atomic E-state index is 0.0215.